The first-order chi connectivity index (χ1) is 11.6. The van der Waals surface area contributed by atoms with Crippen molar-refractivity contribution < 1.29 is 0 Å². The summed E-state index contributed by atoms with van der Waals surface area (Å²) in [5, 5.41) is 0. The molecule has 5 rings (SSSR count). The molecule has 3 aromatic rings. The molecule has 0 aromatic heterocycles. The van der Waals surface area contributed by atoms with Crippen LogP contribution in [0.4, 0.5) is 0 Å². The lowest BCUT2D eigenvalue weighted by Crippen LogP contribution is -2.08. The highest BCUT2D eigenvalue weighted by atomic mass is 27.0. The molecule has 2 aliphatic rings. The van der Waals surface area contributed by atoms with E-state index in [9.17, 15) is 0 Å². The third-order valence-electron chi connectivity index (χ3n) is 6.28. The van der Waals surface area contributed by atoms with Crippen molar-refractivity contribution in [1.29, 1.82) is 0 Å². The van der Waals surface area contributed by atoms with Crippen molar-refractivity contribution in [2.75, 3.05) is 0 Å². The van der Waals surface area contributed by atoms with Crippen LogP contribution in [0.5, 0.6) is 0 Å². The summed E-state index contributed by atoms with van der Waals surface area (Å²) < 4.78 is 1.54. The van der Waals surface area contributed by atoms with Gasteiger partial charge < -0.3 is 0 Å². The molecule has 0 heterocycles. The van der Waals surface area contributed by atoms with Crippen LogP contribution in [0.3, 0.4) is 0 Å². The molecule has 0 nitrogen and oxygen atoms in total. The van der Waals surface area contributed by atoms with E-state index >= 15 is 0 Å². The Morgan fingerprint density at radius 2 is 1.04 bits per heavy atom. The Bertz CT molecular complexity index is 956. The van der Waals surface area contributed by atoms with Crippen LogP contribution in [0.15, 0.2) is 36.4 Å². The Balaban J connectivity index is 1.91. The molecule has 0 atom stereocenters. The highest BCUT2D eigenvalue weighted by Gasteiger charge is 2.30. The van der Waals surface area contributed by atoms with Crippen LogP contribution in [0.1, 0.15) is 38.9 Å². The number of hydrogen-bond acceptors (Lipinski definition) is 0. The molecule has 3 aromatic carbocycles. The smallest absolute Gasteiger partial charge is 0.117 e. The number of hydrogen-bond donors (Lipinski definition) is 0. The van der Waals surface area contributed by atoms with Crippen molar-refractivity contribution >= 4 is 20.7 Å². The van der Waals surface area contributed by atoms with E-state index in [2.05, 4.69) is 57.2 Å². The summed E-state index contributed by atoms with van der Waals surface area (Å²) in [6.07, 6.45) is 2.19. The Morgan fingerprint density at radius 3 is 1.67 bits per heavy atom. The zero-order chi connectivity index (χ0) is 16.6. The summed E-state index contributed by atoms with van der Waals surface area (Å²) in [5.74, 6) is 0. The molecular formula is C23H21Al. The van der Waals surface area contributed by atoms with Gasteiger partial charge in [-0.25, -0.2) is 0 Å². The van der Waals surface area contributed by atoms with E-state index in [0.717, 1.165) is 29.1 Å². The number of aryl methyl sites for hydroxylation is 1. The molecule has 116 valence electrons. The quantitative estimate of drug-likeness (QED) is 0.378. The van der Waals surface area contributed by atoms with Gasteiger partial charge in [-0.05, 0) is 89.2 Å². The first-order valence-corrected chi connectivity index (χ1v) is 9.90. The third-order valence-corrected chi connectivity index (χ3v) is 7.37. The highest BCUT2D eigenvalue weighted by molar-refractivity contribution is 6.34. The third kappa shape index (κ3) is 1.75. The molecule has 0 spiro atoms. The molecule has 0 fully saturated rings. The number of fused-ring (bicyclic) bond motifs is 7. The second kappa shape index (κ2) is 4.85. The zero-order valence-corrected chi connectivity index (χ0v) is 16.9. The van der Waals surface area contributed by atoms with Gasteiger partial charge in [-0.2, -0.15) is 0 Å². The van der Waals surface area contributed by atoms with Gasteiger partial charge in [-0.3, -0.25) is 0 Å². The summed E-state index contributed by atoms with van der Waals surface area (Å²) in [6, 6.07) is 14.1. The fourth-order valence-corrected chi connectivity index (χ4v) is 5.12. The zero-order valence-electron chi connectivity index (χ0n) is 14.9. The van der Waals surface area contributed by atoms with E-state index in [4.69, 9.17) is 0 Å². The fourth-order valence-electron chi connectivity index (χ4n) is 4.70. The van der Waals surface area contributed by atoms with E-state index in [1.165, 1.54) is 50.1 Å². The molecule has 0 unspecified atom stereocenters. The molecule has 0 amide bonds. The standard InChI is InChI=1S/C23H19.Al.2H/c1-13-7-8-17-12-19-10-9-18-11-16-6-4-5-14(2)20(16)22(18)23(19)21(17)15(13)3;;;/h4,6-10H,11-12H2,1-3H3;;;. The molecule has 0 radical (unpaired) electrons. The normalized spacial score (nSPS) is 13.5. The van der Waals surface area contributed by atoms with Gasteiger partial charge in [0.15, 0.2) is 0 Å². The molecular weight excluding hydrogens is 303 g/mol. The van der Waals surface area contributed by atoms with Gasteiger partial charge in [0.2, 0.25) is 0 Å². The summed E-state index contributed by atoms with van der Waals surface area (Å²) in [7, 11) is 0. The van der Waals surface area contributed by atoms with E-state index in [1.54, 1.807) is 15.6 Å². The molecule has 2 aliphatic carbocycles. The first-order valence-electron chi connectivity index (χ1n) is 8.90. The lowest BCUT2D eigenvalue weighted by Gasteiger charge is -2.16. The van der Waals surface area contributed by atoms with E-state index in [1.807, 2.05) is 0 Å². The maximum absolute atomic E-state index is 2.38. The highest BCUT2D eigenvalue weighted by Crippen LogP contribution is 2.50. The van der Waals surface area contributed by atoms with Crippen molar-refractivity contribution in [3.63, 3.8) is 0 Å². The second-order valence-electron chi connectivity index (χ2n) is 7.57. The van der Waals surface area contributed by atoms with Crippen LogP contribution in [-0.4, -0.2) is 16.3 Å². The molecule has 1 heteroatoms. The summed E-state index contributed by atoms with van der Waals surface area (Å²) >= 11 is 1.12. The van der Waals surface area contributed by atoms with Crippen LogP contribution in [0.25, 0.3) is 22.3 Å². The van der Waals surface area contributed by atoms with Gasteiger partial charge >= 0.3 is 0 Å². The SMILES string of the molecule is Cc1ccc2c(c1C)-c1c(ccc3c1-c1c(cc[c]([AlH2])c1C)C3)C2. The van der Waals surface area contributed by atoms with Gasteiger partial charge in [0.05, 0.1) is 0 Å². The molecule has 0 saturated heterocycles. The second-order valence-corrected chi connectivity index (χ2v) is 8.65. The molecule has 24 heavy (non-hydrogen) atoms. The molecule has 0 saturated carbocycles. The van der Waals surface area contributed by atoms with E-state index < -0.39 is 0 Å². The minimum atomic E-state index is 1.09. The lowest BCUT2D eigenvalue weighted by molar-refractivity contribution is 1.23. The average Bonchev–Trinajstić information content (AvgIpc) is 3.12. The van der Waals surface area contributed by atoms with Crippen LogP contribution in [0, 0.1) is 20.8 Å². The minimum Gasteiger partial charge on any atom is -0.117 e. The van der Waals surface area contributed by atoms with Gasteiger partial charge in [0.25, 0.3) is 16.3 Å². The summed E-state index contributed by atoms with van der Waals surface area (Å²) in [6.45, 7) is 6.87. The van der Waals surface area contributed by atoms with Crippen LogP contribution in [-0.2, 0) is 12.8 Å². The molecule has 0 aliphatic heterocycles. The Morgan fingerprint density at radius 1 is 0.583 bits per heavy atom. The van der Waals surface area contributed by atoms with Crippen LogP contribution >= 0.6 is 0 Å². The van der Waals surface area contributed by atoms with Crippen LogP contribution in [0.2, 0.25) is 0 Å². The van der Waals surface area contributed by atoms with Crippen molar-refractivity contribution in [3.05, 3.63) is 75.3 Å². The maximum atomic E-state index is 2.38. The Kier molecular flexibility index (Phi) is 2.94. The van der Waals surface area contributed by atoms with Gasteiger partial charge in [-0.15, -0.1) is 4.43 Å². The van der Waals surface area contributed by atoms with Gasteiger partial charge in [-0.1, -0.05) is 42.0 Å². The van der Waals surface area contributed by atoms with Crippen molar-refractivity contribution in [3.8, 4) is 22.3 Å². The predicted octanol–water partition coefficient (Wildman–Crippen LogP) is 4.01. The Labute approximate surface area is 152 Å². The summed E-state index contributed by atoms with van der Waals surface area (Å²) in [4.78, 5) is 0. The van der Waals surface area contributed by atoms with Crippen molar-refractivity contribution in [1.82, 2.24) is 0 Å². The number of benzene rings is 3. The van der Waals surface area contributed by atoms with Crippen LogP contribution < -0.4 is 4.43 Å². The first kappa shape index (κ1) is 14.5. The number of rotatable bonds is 0. The van der Waals surface area contributed by atoms with Gasteiger partial charge in [0.1, 0.15) is 0 Å². The van der Waals surface area contributed by atoms with Gasteiger partial charge in [0, 0.05) is 0 Å². The largest absolute Gasteiger partial charge is 0.259 e. The monoisotopic (exact) mass is 324 g/mol. The minimum absolute atomic E-state index is 1.09. The van der Waals surface area contributed by atoms with Crippen molar-refractivity contribution in [2.24, 2.45) is 0 Å². The summed E-state index contributed by atoms with van der Waals surface area (Å²) in [5.41, 5.74) is 16.6. The average molecular weight is 324 g/mol. The lowest BCUT2D eigenvalue weighted by atomic mass is 9.89. The van der Waals surface area contributed by atoms with Crippen molar-refractivity contribution in [2.45, 2.75) is 33.6 Å². The van der Waals surface area contributed by atoms with E-state index in [0.29, 0.717) is 0 Å². The Hall–Kier alpha value is -1.81. The maximum Gasteiger partial charge on any atom is 0.259 e. The molecule has 0 bridgehead atoms. The predicted molar refractivity (Wildman–Crippen MR) is 105 cm³/mol. The topological polar surface area (TPSA) is 0 Å². The fraction of sp³-hybridized carbons (Fsp3) is 0.217. The molecule has 0 N–H and O–H groups in total. The van der Waals surface area contributed by atoms with E-state index in [-0.39, 0.29) is 0 Å².